The summed E-state index contributed by atoms with van der Waals surface area (Å²) < 4.78 is 3.33. The van der Waals surface area contributed by atoms with Crippen LogP contribution in [0.2, 0.25) is 0 Å². The van der Waals surface area contributed by atoms with Crippen molar-refractivity contribution in [3.63, 3.8) is 0 Å². The summed E-state index contributed by atoms with van der Waals surface area (Å²) in [7, 11) is 1.77. The first-order valence-electron chi connectivity index (χ1n) is 10.9. The number of nitrogens with one attached hydrogen (secondary N) is 1. The third-order valence-corrected chi connectivity index (χ3v) is 6.26. The Morgan fingerprint density at radius 2 is 1.69 bits per heavy atom. The van der Waals surface area contributed by atoms with E-state index in [0.29, 0.717) is 6.54 Å². The van der Waals surface area contributed by atoms with Gasteiger partial charge in [-0.25, -0.2) is 9.78 Å². The van der Waals surface area contributed by atoms with Gasteiger partial charge in [0.2, 0.25) is 0 Å². The third kappa shape index (κ3) is 3.80. The Morgan fingerprint density at radius 3 is 2.41 bits per heavy atom. The fourth-order valence-electron chi connectivity index (χ4n) is 4.06. The van der Waals surface area contributed by atoms with Crippen LogP contribution in [0, 0.1) is 13.8 Å². The predicted molar refractivity (Wildman–Crippen MR) is 128 cm³/mol. The zero-order valence-electron chi connectivity index (χ0n) is 18.7. The molecule has 2 aromatic heterocycles. The first kappa shape index (κ1) is 20.1. The summed E-state index contributed by atoms with van der Waals surface area (Å²) in [5, 5.41) is 0. The van der Waals surface area contributed by atoms with Gasteiger partial charge in [0.25, 0.3) is 0 Å². The summed E-state index contributed by atoms with van der Waals surface area (Å²) >= 11 is 0. The van der Waals surface area contributed by atoms with Crippen molar-refractivity contribution in [2.45, 2.75) is 26.9 Å². The van der Waals surface area contributed by atoms with Crippen LogP contribution in [0.25, 0.3) is 28.6 Å². The monoisotopic (exact) mass is 425 g/mol. The lowest BCUT2D eigenvalue weighted by atomic mass is 9.99. The van der Waals surface area contributed by atoms with E-state index < -0.39 is 0 Å². The number of aromatic amines is 1. The van der Waals surface area contributed by atoms with Gasteiger partial charge < -0.3 is 14.5 Å². The maximum Gasteiger partial charge on any atom is 0.327 e. The smallest absolute Gasteiger partial charge is 0.327 e. The highest BCUT2D eigenvalue weighted by molar-refractivity contribution is 5.69. The molecule has 6 heteroatoms. The lowest BCUT2D eigenvalue weighted by molar-refractivity contribution is 0.341. The summed E-state index contributed by atoms with van der Waals surface area (Å²) in [5.74, 6) is 0.882. The summed E-state index contributed by atoms with van der Waals surface area (Å²) in [5.41, 5.74) is 8.21. The predicted octanol–water partition coefficient (Wildman–Crippen LogP) is 4.35. The van der Waals surface area contributed by atoms with Crippen molar-refractivity contribution < 1.29 is 0 Å². The van der Waals surface area contributed by atoms with Gasteiger partial charge in [-0.3, -0.25) is 4.57 Å². The lowest BCUT2D eigenvalue weighted by Gasteiger charge is -2.22. The van der Waals surface area contributed by atoms with Crippen molar-refractivity contribution in [3.05, 3.63) is 94.1 Å². The summed E-state index contributed by atoms with van der Waals surface area (Å²) in [4.78, 5) is 22.5. The van der Waals surface area contributed by atoms with E-state index >= 15 is 0 Å². The lowest BCUT2D eigenvalue weighted by Crippen LogP contribution is -2.29. The molecule has 0 saturated heterocycles. The van der Waals surface area contributed by atoms with E-state index in [1.807, 2.05) is 6.20 Å². The van der Waals surface area contributed by atoms with Crippen LogP contribution in [-0.4, -0.2) is 30.5 Å². The van der Waals surface area contributed by atoms with Crippen molar-refractivity contribution in [2.24, 2.45) is 7.05 Å². The minimum absolute atomic E-state index is 0.0120. The molecule has 162 valence electrons. The van der Waals surface area contributed by atoms with Gasteiger partial charge in [-0.05, 0) is 42.2 Å². The molecule has 32 heavy (non-hydrogen) atoms. The van der Waals surface area contributed by atoms with Gasteiger partial charge in [-0.2, -0.15) is 0 Å². The molecule has 1 N–H and O–H groups in total. The van der Waals surface area contributed by atoms with Crippen LogP contribution in [0.3, 0.4) is 0 Å². The van der Waals surface area contributed by atoms with E-state index in [4.69, 9.17) is 4.98 Å². The minimum atomic E-state index is 0.0120. The van der Waals surface area contributed by atoms with Crippen LogP contribution in [0.5, 0.6) is 0 Å². The molecule has 1 aliphatic rings. The average Bonchev–Trinajstić information content (AvgIpc) is 3.37. The number of hydrogen-bond acceptors (Lipinski definition) is 3. The molecule has 0 amide bonds. The molecule has 3 heterocycles. The number of hydrogen-bond donors (Lipinski definition) is 1. The molecule has 0 bridgehead atoms. The second-order valence-corrected chi connectivity index (χ2v) is 8.49. The number of aromatic nitrogens is 4. The molecule has 0 radical (unpaired) electrons. The molecule has 0 spiro atoms. The molecular weight excluding hydrogens is 398 g/mol. The highest BCUT2D eigenvalue weighted by atomic mass is 16.1. The third-order valence-electron chi connectivity index (χ3n) is 6.26. The van der Waals surface area contributed by atoms with E-state index in [9.17, 15) is 4.79 Å². The Kier molecular flexibility index (Phi) is 5.05. The SMILES string of the molecule is Cc1ccc(-c2ccc(-c3nc4c([nH]3)C=CN(CCn3ccn(C)c3=O)C4)cc2)cc1C. The van der Waals surface area contributed by atoms with E-state index in [-0.39, 0.29) is 5.69 Å². The van der Waals surface area contributed by atoms with Crippen LogP contribution < -0.4 is 5.69 Å². The molecule has 0 fully saturated rings. The molecule has 0 aliphatic carbocycles. The highest BCUT2D eigenvalue weighted by Gasteiger charge is 2.16. The largest absolute Gasteiger partial charge is 0.370 e. The van der Waals surface area contributed by atoms with Gasteiger partial charge in [0.05, 0.1) is 17.9 Å². The highest BCUT2D eigenvalue weighted by Crippen LogP contribution is 2.27. The van der Waals surface area contributed by atoms with E-state index in [1.54, 1.807) is 22.4 Å². The molecular formula is C26H27N5O. The number of nitrogens with zero attached hydrogens (tertiary/aromatic N) is 4. The number of H-pyrrole nitrogens is 1. The first-order chi connectivity index (χ1) is 15.5. The number of fused-ring (bicyclic) bond motifs is 1. The standard InChI is InChI=1S/C26H27N5O/c1-18-4-5-22(16-19(18)2)20-6-8-21(9-7-20)25-27-23-10-11-30(17-24(23)28-25)13-15-31-14-12-29(3)26(31)32/h4-12,14,16H,13,15,17H2,1-3H3,(H,27,28). The number of imidazole rings is 2. The number of rotatable bonds is 5. The molecule has 0 saturated carbocycles. The molecule has 1 aliphatic heterocycles. The molecule has 6 nitrogen and oxygen atoms in total. The Hall–Kier alpha value is -3.80. The van der Waals surface area contributed by atoms with Crippen LogP contribution in [-0.2, 0) is 20.1 Å². The van der Waals surface area contributed by atoms with Crippen molar-refractivity contribution in [1.82, 2.24) is 24.0 Å². The van der Waals surface area contributed by atoms with E-state index in [2.05, 4.69) is 78.5 Å². The van der Waals surface area contributed by atoms with E-state index in [0.717, 1.165) is 35.9 Å². The second-order valence-electron chi connectivity index (χ2n) is 8.49. The van der Waals surface area contributed by atoms with Gasteiger partial charge in [0.1, 0.15) is 5.82 Å². The normalized spacial score (nSPS) is 12.9. The van der Waals surface area contributed by atoms with Gasteiger partial charge in [-0.15, -0.1) is 0 Å². The molecule has 2 aromatic carbocycles. The van der Waals surface area contributed by atoms with Crippen molar-refractivity contribution >= 4 is 6.08 Å². The molecule has 5 rings (SSSR count). The topological polar surface area (TPSA) is 58.9 Å². The molecule has 4 aromatic rings. The molecule has 0 unspecified atom stereocenters. The summed E-state index contributed by atoms with van der Waals surface area (Å²) in [6.07, 6.45) is 7.75. The van der Waals surface area contributed by atoms with Crippen molar-refractivity contribution in [2.75, 3.05) is 6.54 Å². The Balaban J connectivity index is 1.29. The zero-order chi connectivity index (χ0) is 22.2. The van der Waals surface area contributed by atoms with Crippen molar-refractivity contribution in [3.8, 4) is 22.5 Å². The maximum atomic E-state index is 12.0. The number of benzene rings is 2. The zero-order valence-corrected chi connectivity index (χ0v) is 18.7. The summed E-state index contributed by atoms with van der Waals surface area (Å²) in [6, 6.07) is 15.1. The molecule has 0 atom stereocenters. The van der Waals surface area contributed by atoms with Crippen molar-refractivity contribution in [1.29, 1.82) is 0 Å². The van der Waals surface area contributed by atoms with Crippen LogP contribution in [0.15, 0.2) is 65.9 Å². The van der Waals surface area contributed by atoms with Gasteiger partial charge in [0, 0.05) is 44.3 Å². The Labute approximate surface area is 187 Å². The van der Waals surface area contributed by atoms with Crippen LogP contribution >= 0.6 is 0 Å². The van der Waals surface area contributed by atoms with Gasteiger partial charge in [0.15, 0.2) is 0 Å². The quantitative estimate of drug-likeness (QED) is 0.517. The average molecular weight is 426 g/mol. The number of aryl methyl sites for hydroxylation is 3. The Morgan fingerprint density at radius 1 is 0.938 bits per heavy atom. The minimum Gasteiger partial charge on any atom is -0.370 e. The maximum absolute atomic E-state index is 12.0. The first-order valence-corrected chi connectivity index (χ1v) is 10.9. The summed E-state index contributed by atoms with van der Waals surface area (Å²) in [6.45, 7) is 6.42. The Bertz CT molecular complexity index is 1350. The van der Waals surface area contributed by atoms with Crippen LogP contribution in [0.1, 0.15) is 22.5 Å². The fraction of sp³-hybridized carbons (Fsp3) is 0.231. The second kappa shape index (κ2) is 8.04. The van der Waals surface area contributed by atoms with Gasteiger partial charge in [-0.1, -0.05) is 42.5 Å². The van der Waals surface area contributed by atoms with Crippen LogP contribution in [0.4, 0.5) is 0 Å². The van der Waals surface area contributed by atoms with Gasteiger partial charge >= 0.3 is 5.69 Å². The fourth-order valence-corrected chi connectivity index (χ4v) is 4.06. The van der Waals surface area contributed by atoms with E-state index in [1.165, 1.54) is 22.3 Å².